The van der Waals surface area contributed by atoms with Crippen LogP contribution in [0, 0.1) is 5.41 Å². The van der Waals surface area contributed by atoms with Gasteiger partial charge >= 0.3 is 5.97 Å². The van der Waals surface area contributed by atoms with Gasteiger partial charge in [0.25, 0.3) is 0 Å². The third-order valence-corrected chi connectivity index (χ3v) is 3.55. The second-order valence-corrected chi connectivity index (χ2v) is 5.60. The van der Waals surface area contributed by atoms with Gasteiger partial charge in [0.1, 0.15) is 5.75 Å². The van der Waals surface area contributed by atoms with Crippen LogP contribution >= 0.6 is 0 Å². The summed E-state index contributed by atoms with van der Waals surface area (Å²) in [5, 5.41) is 12.6. The van der Waals surface area contributed by atoms with Crippen molar-refractivity contribution in [1.82, 2.24) is 5.32 Å². The fraction of sp³-hybridized carbons (Fsp3) is 0.211. The summed E-state index contributed by atoms with van der Waals surface area (Å²) in [6.07, 6.45) is 1.05. The van der Waals surface area contributed by atoms with E-state index in [-0.39, 0.29) is 11.9 Å². The Bertz CT molecular complexity index is 770. The average molecular weight is 354 g/mol. The summed E-state index contributed by atoms with van der Waals surface area (Å²) >= 11 is 0. The molecular weight excluding hydrogens is 332 g/mol. The third-order valence-electron chi connectivity index (χ3n) is 3.55. The van der Waals surface area contributed by atoms with Gasteiger partial charge in [-0.2, -0.15) is 0 Å². The van der Waals surface area contributed by atoms with E-state index >= 15 is 0 Å². The molecule has 0 aliphatic rings. The molecule has 136 valence electrons. The van der Waals surface area contributed by atoms with Crippen molar-refractivity contribution in [1.29, 1.82) is 5.41 Å². The maximum absolute atomic E-state index is 12.2. The van der Waals surface area contributed by atoms with Crippen molar-refractivity contribution in [2.24, 2.45) is 5.73 Å². The SMILES string of the molecule is CCNC(=O)CCc1ccc(OC(=O)c2ccc(NC(=N)N)cc2)cc1. The Hall–Kier alpha value is -3.35. The number of carbonyl (C=O) groups is 2. The van der Waals surface area contributed by atoms with Crippen molar-refractivity contribution < 1.29 is 14.3 Å². The van der Waals surface area contributed by atoms with Crippen LogP contribution in [-0.4, -0.2) is 24.4 Å². The molecule has 0 spiro atoms. The van der Waals surface area contributed by atoms with Crippen LogP contribution in [0.3, 0.4) is 0 Å². The third kappa shape index (κ3) is 5.94. The summed E-state index contributed by atoms with van der Waals surface area (Å²) in [5.41, 5.74) is 7.25. The van der Waals surface area contributed by atoms with Crippen molar-refractivity contribution in [2.45, 2.75) is 19.8 Å². The Balaban J connectivity index is 1.90. The van der Waals surface area contributed by atoms with Crippen LogP contribution in [0.15, 0.2) is 48.5 Å². The summed E-state index contributed by atoms with van der Waals surface area (Å²) in [6.45, 7) is 2.51. The summed E-state index contributed by atoms with van der Waals surface area (Å²) in [6, 6.07) is 13.5. The van der Waals surface area contributed by atoms with Crippen LogP contribution in [0.1, 0.15) is 29.3 Å². The highest BCUT2D eigenvalue weighted by Gasteiger charge is 2.09. The van der Waals surface area contributed by atoms with Crippen LogP contribution in [0.2, 0.25) is 0 Å². The van der Waals surface area contributed by atoms with Crippen molar-refractivity contribution in [3.05, 3.63) is 59.7 Å². The lowest BCUT2D eigenvalue weighted by Crippen LogP contribution is -2.22. The number of amides is 1. The van der Waals surface area contributed by atoms with Crippen molar-refractivity contribution in [3.63, 3.8) is 0 Å². The molecule has 26 heavy (non-hydrogen) atoms. The van der Waals surface area contributed by atoms with Gasteiger partial charge < -0.3 is 21.1 Å². The predicted molar refractivity (Wildman–Crippen MR) is 100 cm³/mol. The van der Waals surface area contributed by atoms with Gasteiger partial charge in [-0.3, -0.25) is 10.2 Å². The van der Waals surface area contributed by atoms with E-state index in [1.165, 1.54) is 0 Å². The zero-order valence-electron chi connectivity index (χ0n) is 14.5. The number of nitrogens with one attached hydrogen (secondary N) is 3. The molecule has 0 bridgehead atoms. The van der Waals surface area contributed by atoms with E-state index < -0.39 is 5.97 Å². The Morgan fingerprint density at radius 1 is 1.08 bits per heavy atom. The van der Waals surface area contributed by atoms with E-state index in [9.17, 15) is 9.59 Å². The van der Waals surface area contributed by atoms with Crippen LogP contribution in [0.4, 0.5) is 5.69 Å². The minimum absolute atomic E-state index is 0.0192. The Kier molecular flexibility index (Phi) is 6.73. The van der Waals surface area contributed by atoms with Crippen molar-refractivity contribution in [3.8, 4) is 5.75 Å². The van der Waals surface area contributed by atoms with E-state index in [1.807, 2.05) is 19.1 Å². The highest BCUT2D eigenvalue weighted by atomic mass is 16.5. The van der Waals surface area contributed by atoms with E-state index in [2.05, 4.69) is 10.6 Å². The molecule has 0 atom stereocenters. The first-order valence-corrected chi connectivity index (χ1v) is 8.27. The molecular formula is C19H22N4O3. The Morgan fingerprint density at radius 3 is 2.31 bits per heavy atom. The van der Waals surface area contributed by atoms with E-state index in [0.29, 0.717) is 36.4 Å². The van der Waals surface area contributed by atoms with Gasteiger partial charge in [-0.15, -0.1) is 0 Å². The molecule has 0 aliphatic carbocycles. The molecule has 0 radical (unpaired) electrons. The van der Waals surface area contributed by atoms with Gasteiger partial charge in [-0.1, -0.05) is 12.1 Å². The number of esters is 1. The Morgan fingerprint density at radius 2 is 1.73 bits per heavy atom. The second kappa shape index (κ2) is 9.22. The molecule has 2 rings (SSSR count). The van der Waals surface area contributed by atoms with E-state index in [1.54, 1.807) is 36.4 Å². The first-order chi connectivity index (χ1) is 12.5. The lowest BCUT2D eigenvalue weighted by Gasteiger charge is -2.07. The Labute approximate surface area is 152 Å². The number of aryl methyl sites for hydroxylation is 1. The zero-order valence-corrected chi connectivity index (χ0v) is 14.5. The predicted octanol–water partition coefficient (Wildman–Crippen LogP) is 2.28. The summed E-state index contributed by atoms with van der Waals surface area (Å²) in [5.74, 6) is -0.199. The average Bonchev–Trinajstić information content (AvgIpc) is 2.61. The quantitative estimate of drug-likeness (QED) is 0.263. The number of ether oxygens (including phenoxy) is 1. The fourth-order valence-electron chi connectivity index (χ4n) is 2.28. The molecule has 0 saturated heterocycles. The lowest BCUT2D eigenvalue weighted by atomic mass is 10.1. The molecule has 2 aromatic rings. The van der Waals surface area contributed by atoms with Crippen LogP contribution in [-0.2, 0) is 11.2 Å². The van der Waals surface area contributed by atoms with Crippen molar-refractivity contribution in [2.75, 3.05) is 11.9 Å². The molecule has 1 amide bonds. The standard InChI is InChI=1S/C19H22N4O3/c1-2-22-17(24)12-5-13-3-10-16(11-4-13)26-18(25)14-6-8-15(9-7-14)23-19(20)21/h3-4,6-11H,2,5,12H2,1H3,(H,22,24)(H4,20,21,23). The molecule has 0 fully saturated rings. The van der Waals surface area contributed by atoms with Gasteiger partial charge in [-0.25, -0.2) is 4.79 Å². The molecule has 0 aliphatic heterocycles. The number of nitrogens with two attached hydrogens (primary N) is 1. The first-order valence-electron chi connectivity index (χ1n) is 8.27. The number of rotatable bonds is 7. The summed E-state index contributed by atoms with van der Waals surface area (Å²) < 4.78 is 5.33. The number of benzene rings is 2. The number of carbonyl (C=O) groups excluding carboxylic acids is 2. The number of hydrogen-bond acceptors (Lipinski definition) is 4. The van der Waals surface area contributed by atoms with E-state index in [0.717, 1.165) is 5.56 Å². The smallest absolute Gasteiger partial charge is 0.343 e. The first kappa shape index (κ1) is 19.0. The molecule has 0 saturated carbocycles. The van der Waals surface area contributed by atoms with Gasteiger partial charge in [0.2, 0.25) is 5.91 Å². The van der Waals surface area contributed by atoms with E-state index in [4.69, 9.17) is 15.9 Å². The lowest BCUT2D eigenvalue weighted by molar-refractivity contribution is -0.120. The normalized spacial score (nSPS) is 10.0. The largest absolute Gasteiger partial charge is 0.423 e. The fourth-order valence-corrected chi connectivity index (χ4v) is 2.28. The molecule has 5 N–H and O–H groups in total. The molecule has 7 nitrogen and oxygen atoms in total. The van der Waals surface area contributed by atoms with Gasteiger partial charge in [-0.05, 0) is 55.3 Å². The van der Waals surface area contributed by atoms with Gasteiger partial charge in [0, 0.05) is 18.7 Å². The molecule has 0 heterocycles. The summed E-state index contributed by atoms with van der Waals surface area (Å²) in [4.78, 5) is 23.6. The van der Waals surface area contributed by atoms with Gasteiger partial charge in [0.15, 0.2) is 5.96 Å². The zero-order chi connectivity index (χ0) is 18.9. The number of guanidine groups is 1. The van der Waals surface area contributed by atoms with Crippen LogP contribution < -0.4 is 21.1 Å². The van der Waals surface area contributed by atoms with Crippen LogP contribution in [0.25, 0.3) is 0 Å². The molecule has 0 aromatic heterocycles. The highest BCUT2D eigenvalue weighted by molar-refractivity contribution is 5.93. The number of hydrogen-bond donors (Lipinski definition) is 4. The van der Waals surface area contributed by atoms with Gasteiger partial charge in [0.05, 0.1) is 5.56 Å². The topological polar surface area (TPSA) is 117 Å². The molecule has 2 aromatic carbocycles. The molecule has 7 heteroatoms. The minimum atomic E-state index is -0.477. The van der Waals surface area contributed by atoms with Crippen molar-refractivity contribution >= 4 is 23.5 Å². The second-order valence-electron chi connectivity index (χ2n) is 5.60. The van der Waals surface area contributed by atoms with Crippen LogP contribution in [0.5, 0.6) is 5.75 Å². The highest BCUT2D eigenvalue weighted by Crippen LogP contribution is 2.16. The maximum atomic E-state index is 12.2. The minimum Gasteiger partial charge on any atom is -0.423 e. The maximum Gasteiger partial charge on any atom is 0.343 e. The monoisotopic (exact) mass is 354 g/mol. The number of anilines is 1. The summed E-state index contributed by atoms with van der Waals surface area (Å²) in [7, 11) is 0. The molecule has 0 unspecified atom stereocenters.